The van der Waals surface area contributed by atoms with Crippen molar-refractivity contribution in [2.75, 3.05) is 13.2 Å². The van der Waals surface area contributed by atoms with Crippen LogP contribution in [0.4, 0.5) is 0 Å². The van der Waals surface area contributed by atoms with Crippen molar-refractivity contribution in [2.45, 2.75) is 0 Å². The van der Waals surface area contributed by atoms with Crippen LogP contribution in [-0.2, 0) is 0 Å². The monoisotopic (exact) mass is 292 g/mol. The van der Waals surface area contributed by atoms with Crippen LogP contribution in [0.1, 0.15) is 0 Å². The van der Waals surface area contributed by atoms with Gasteiger partial charge in [-0.05, 0) is 40.2 Å². The summed E-state index contributed by atoms with van der Waals surface area (Å²) >= 11 is 3.33. The molecule has 1 aromatic carbocycles. The lowest BCUT2D eigenvalue weighted by atomic mass is 10.1. The molecule has 86 valence electrons. The molecule has 1 aromatic heterocycles. The number of nitrogens with zero attached hydrogens (tertiary/aromatic N) is 2. The van der Waals surface area contributed by atoms with E-state index in [1.54, 1.807) is 0 Å². The lowest BCUT2D eigenvalue weighted by molar-refractivity contribution is 0.171. The van der Waals surface area contributed by atoms with E-state index >= 15 is 0 Å². The van der Waals surface area contributed by atoms with Crippen LogP contribution in [0.2, 0.25) is 0 Å². The molecular formula is C12H9BrN2O2. The number of aromatic nitrogens is 2. The van der Waals surface area contributed by atoms with Crippen molar-refractivity contribution in [3.05, 3.63) is 35.2 Å². The molecule has 2 aromatic rings. The summed E-state index contributed by atoms with van der Waals surface area (Å²) in [6.07, 6.45) is 1.52. The minimum absolute atomic E-state index is 0.587. The largest absolute Gasteiger partial charge is 0.486 e. The minimum atomic E-state index is 0.587. The third-order valence-corrected chi connectivity index (χ3v) is 2.91. The van der Waals surface area contributed by atoms with Gasteiger partial charge in [0.05, 0.1) is 5.69 Å². The molecule has 5 heteroatoms. The molecule has 0 atom stereocenters. The van der Waals surface area contributed by atoms with Gasteiger partial charge in [0.15, 0.2) is 11.5 Å². The molecule has 0 saturated carbocycles. The number of halogens is 1. The molecule has 0 fully saturated rings. The zero-order valence-corrected chi connectivity index (χ0v) is 10.5. The third-order valence-electron chi connectivity index (χ3n) is 2.47. The Hall–Kier alpha value is -1.62. The normalized spacial score (nSPS) is 13.5. The van der Waals surface area contributed by atoms with Crippen LogP contribution >= 0.6 is 15.9 Å². The van der Waals surface area contributed by atoms with Gasteiger partial charge in [-0.2, -0.15) is 0 Å². The predicted octanol–water partition coefficient (Wildman–Crippen LogP) is 2.68. The van der Waals surface area contributed by atoms with Gasteiger partial charge >= 0.3 is 0 Å². The first kappa shape index (κ1) is 10.5. The molecule has 0 amide bonds. The van der Waals surface area contributed by atoms with Crippen LogP contribution in [0.5, 0.6) is 11.5 Å². The van der Waals surface area contributed by atoms with E-state index in [2.05, 4.69) is 25.9 Å². The van der Waals surface area contributed by atoms with Gasteiger partial charge in [-0.3, -0.25) is 0 Å². The number of rotatable bonds is 1. The highest BCUT2D eigenvalue weighted by Gasteiger charge is 2.12. The van der Waals surface area contributed by atoms with Gasteiger partial charge in [-0.25, -0.2) is 9.97 Å². The fourth-order valence-corrected chi connectivity index (χ4v) is 2.00. The molecule has 3 rings (SSSR count). The highest BCUT2D eigenvalue weighted by molar-refractivity contribution is 9.10. The first-order valence-corrected chi connectivity index (χ1v) is 6.00. The smallest absolute Gasteiger partial charge is 0.162 e. The Balaban J connectivity index is 2.04. The molecule has 1 aliphatic rings. The molecule has 0 N–H and O–H groups in total. The molecular weight excluding hydrogens is 284 g/mol. The topological polar surface area (TPSA) is 44.2 Å². The summed E-state index contributed by atoms with van der Waals surface area (Å²) in [6, 6.07) is 7.66. The Morgan fingerprint density at radius 2 is 1.82 bits per heavy atom. The van der Waals surface area contributed by atoms with Crippen LogP contribution < -0.4 is 9.47 Å². The molecule has 4 nitrogen and oxygen atoms in total. The van der Waals surface area contributed by atoms with E-state index < -0.39 is 0 Å². The van der Waals surface area contributed by atoms with Gasteiger partial charge in [0.2, 0.25) is 0 Å². The van der Waals surface area contributed by atoms with E-state index in [0.29, 0.717) is 13.2 Å². The van der Waals surface area contributed by atoms with E-state index in [-0.39, 0.29) is 0 Å². The van der Waals surface area contributed by atoms with Gasteiger partial charge in [0, 0.05) is 5.56 Å². The fourth-order valence-electron chi connectivity index (χ4n) is 1.69. The maximum absolute atomic E-state index is 5.54. The van der Waals surface area contributed by atoms with Crippen molar-refractivity contribution in [1.82, 2.24) is 9.97 Å². The SMILES string of the molecule is Brc1cc(-c2ccc3c(c2)OCCO3)ncn1. The Morgan fingerprint density at radius 1 is 1.00 bits per heavy atom. The first-order valence-electron chi connectivity index (χ1n) is 5.20. The highest BCUT2D eigenvalue weighted by Crippen LogP contribution is 2.34. The van der Waals surface area contributed by atoms with Gasteiger partial charge in [0.1, 0.15) is 24.1 Å². The van der Waals surface area contributed by atoms with Crippen molar-refractivity contribution >= 4 is 15.9 Å². The maximum atomic E-state index is 5.54. The first-order chi connectivity index (χ1) is 8.33. The summed E-state index contributed by atoms with van der Waals surface area (Å²) in [5.74, 6) is 1.55. The van der Waals surface area contributed by atoms with E-state index in [1.165, 1.54) is 6.33 Å². The Kier molecular flexibility index (Phi) is 2.68. The lowest BCUT2D eigenvalue weighted by Gasteiger charge is -2.18. The molecule has 0 radical (unpaired) electrons. The molecule has 0 bridgehead atoms. The maximum Gasteiger partial charge on any atom is 0.162 e. The van der Waals surface area contributed by atoms with Gasteiger partial charge < -0.3 is 9.47 Å². The van der Waals surface area contributed by atoms with Gasteiger partial charge in [-0.15, -0.1) is 0 Å². The second-order valence-electron chi connectivity index (χ2n) is 3.58. The second kappa shape index (κ2) is 4.33. The third kappa shape index (κ3) is 2.10. The average molecular weight is 293 g/mol. The zero-order chi connectivity index (χ0) is 11.7. The van der Waals surface area contributed by atoms with Crippen LogP contribution in [0.15, 0.2) is 35.2 Å². The van der Waals surface area contributed by atoms with Gasteiger partial charge in [0.25, 0.3) is 0 Å². The van der Waals surface area contributed by atoms with Crippen molar-refractivity contribution in [2.24, 2.45) is 0 Å². The summed E-state index contributed by atoms with van der Waals surface area (Å²) < 4.78 is 11.8. The molecule has 0 spiro atoms. The van der Waals surface area contributed by atoms with Crippen LogP contribution in [-0.4, -0.2) is 23.2 Å². The molecule has 2 heterocycles. The quantitative estimate of drug-likeness (QED) is 0.758. The lowest BCUT2D eigenvalue weighted by Crippen LogP contribution is -2.15. The van der Waals surface area contributed by atoms with Crippen LogP contribution in [0, 0.1) is 0 Å². The van der Waals surface area contributed by atoms with Gasteiger partial charge in [-0.1, -0.05) is 0 Å². The van der Waals surface area contributed by atoms with Crippen LogP contribution in [0.25, 0.3) is 11.3 Å². The highest BCUT2D eigenvalue weighted by atomic mass is 79.9. The number of benzene rings is 1. The summed E-state index contributed by atoms with van der Waals surface area (Å²) in [5.41, 5.74) is 1.83. The predicted molar refractivity (Wildman–Crippen MR) is 66.2 cm³/mol. The second-order valence-corrected chi connectivity index (χ2v) is 4.40. The van der Waals surface area contributed by atoms with E-state index in [1.807, 2.05) is 24.3 Å². The summed E-state index contributed by atoms with van der Waals surface area (Å²) in [4.78, 5) is 8.22. The van der Waals surface area contributed by atoms with E-state index in [4.69, 9.17) is 9.47 Å². The number of fused-ring (bicyclic) bond motifs is 1. The van der Waals surface area contributed by atoms with E-state index in [9.17, 15) is 0 Å². The molecule has 0 unspecified atom stereocenters. The fraction of sp³-hybridized carbons (Fsp3) is 0.167. The summed E-state index contributed by atoms with van der Waals surface area (Å²) in [5, 5.41) is 0. The molecule has 17 heavy (non-hydrogen) atoms. The van der Waals surface area contributed by atoms with Crippen molar-refractivity contribution in [1.29, 1.82) is 0 Å². The standard InChI is InChI=1S/C12H9BrN2O2/c13-12-6-9(14-7-15-12)8-1-2-10-11(5-8)17-4-3-16-10/h1-2,5-7H,3-4H2. The number of hydrogen-bond acceptors (Lipinski definition) is 4. The minimum Gasteiger partial charge on any atom is -0.486 e. The van der Waals surface area contributed by atoms with E-state index in [0.717, 1.165) is 27.4 Å². The Morgan fingerprint density at radius 3 is 2.65 bits per heavy atom. The molecule has 0 saturated heterocycles. The van der Waals surface area contributed by atoms with Crippen molar-refractivity contribution in [3.63, 3.8) is 0 Å². The zero-order valence-electron chi connectivity index (χ0n) is 8.89. The Bertz CT molecular complexity index is 560. The van der Waals surface area contributed by atoms with Crippen LogP contribution in [0.3, 0.4) is 0 Å². The average Bonchev–Trinajstić information content (AvgIpc) is 2.38. The van der Waals surface area contributed by atoms with Crippen molar-refractivity contribution in [3.8, 4) is 22.8 Å². The summed E-state index contributed by atoms with van der Waals surface area (Å²) in [7, 11) is 0. The van der Waals surface area contributed by atoms with Crippen molar-refractivity contribution < 1.29 is 9.47 Å². The molecule has 1 aliphatic heterocycles. The Labute approximate surface area is 107 Å². The molecule has 0 aliphatic carbocycles. The summed E-state index contributed by atoms with van der Waals surface area (Å²) in [6.45, 7) is 1.19. The number of ether oxygens (including phenoxy) is 2. The number of hydrogen-bond donors (Lipinski definition) is 0.